The molecular weight excluding hydrogens is 214 g/mol. The van der Waals surface area contributed by atoms with Gasteiger partial charge in [0.15, 0.2) is 5.43 Å². The number of aromatic amines is 1. The van der Waals surface area contributed by atoms with E-state index in [0.29, 0.717) is 5.75 Å². The van der Waals surface area contributed by atoms with Gasteiger partial charge in [-0.2, -0.15) is 0 Å². The van der Waals surface area contributed by atoms with Crippen LogP contribution in [0.25, 0.3) is 0 Å². The zero-order valence-electron chi connectivity index (χ0n) is 10.3. The van der Waals surface area contributed by atoms with E-state index in [0.717, 1.165) is 16.7 Å². The van der Waals surface area contributed by atoms with Gasteiger partial charge in [-0.1, -0.05) is 12.1 Å². The molecule has 90 valence electrons. The monoisotopic (exact) mass is 231 g/mol. The summed E-state index contributed by atoms with van der Waals surface area (Å²) >= 11 is 0. The number of aromatic nitrogens is 1. The van der Waals surface area contributed by atoms with E-state index >= 15 is 0 Å². The molecule has 0 atom stereocenters. The van der Waals surface area contributed by atoms with Crippen LogP contribution in [0.3, 0.4) is 0 Å². The van der Waals surface area contributed by atoms with Crippen molar-refractivity contribution in [3.63, 3.8) is 0 Å². The summed E-state index contributed by atoms with van der Waals surface area (Å²) in [7, 11) is 0. The number of hydrogen-bond donors (Lipinski definition) is 2. The van der Waals surface area contributed by atoms with E-state index in [1.165, 1.54) is 6.07 Å². The lowest BCUT2D eigenvalue weighted by Gasteiger charge is -1.99. The number of rotatable bonds is 0. The molecule has 0 aliphatic heterocycles. The number of H-pyrrole nitrogens is 1. The predicted molar refractivity (Wildman–Crippen MR) is 69.4 cm³/mol. The molecule has 3 heteroatoms. The average Bonchev–Trinajstić information content (AvgIpc) is 2.31. The van der Waals surface area contributed by atoms with Crippen LogP contribution in [0.4, 0.5) is 0 Å². The molecule has 2 rings (SSSR count). The van der Waals surface area contributed by atoms with Crippen LogP contribution in [0.5, 0.6) is 5.75 Å². The largest absolute Gasteiger partial charge is 0.508 e. The molecule has 1 aromatic heterocycles. The Kier molecular flexibility index (Phi) is 4.52. The van der Waals surface area contributed by atoms with Crippen molar-refractivity contribution in [3.05, 3.63) is 63.6 Å². The summed E-state index contributed by atoms with van der Waals surface area (Å²) < 4.78 is 0. The second-order valence-corrected chi connectivity index (χ2v) is 3.91. The van der Waals surface area contributed by atoms with Gasteiger partial charge in [0.1, 0.15) is 5.75 Å². The SMILES string of the molecule is Cc1c[nH]ccc1=O.Cc1cccc(O)c1C. The van der Waals surface area contributed by atoms with Crippen LogP contribution in [-0.2, 0) is 0 Å². The van der Waals surface area contributed by atoms with Crippen molar-refractivity contribution < 1.29 is 5.11 Å². The highest BCUT2D eigenvalue weighted by Crippen LogP contribution is 2.17. The third-order valence-corrected chi connectivity index (χ3v) is 2.60. The molecule has 0 amide bonds. The molecule has 2 aromatic rings. The van der Waals surface area contributed by atoms with Crippen LogP contribution in [0.2, 0.25) is 0 Å². The highest BCUT2D eigenvalue weighted by molar-refractivity contribution is 5.36. The maximum atomic E-state index is 10.6. The molecule has 17 heavy (non-hydrogen) atoms. The first-order chi connectivity index (χ1) is 8.02. The minimum atomic E-state index is 0.0868. The normalized spacial score (nSPS) is 9.35. The Morgan fingerprint density at radius 3 is 2.18 bits per heavy atom. The maximum Gasteiger partial charge on any atom is 0.184 e. The van der Waals surface area contributed by atoms with E-state index in [2.05, 4.69) is 4.98 Å². The number of hydrogen-bond acceptors (Lipinski definition) is 2. The van der Waals surface area contributed by atoms with Gasteiger partial charge in [0.05, 0.1) is 0 Å². The summed E-state index contributed by atoms with van der Waals surface area (Å²) in [5, 5.41) is 9.10. The summed E-state index contributed by atoms with van der Waals surface area (Å²) in [6.45, 7) is 5.67. The number of pyridine rings is 1. The standard InChI is InChI=1S/C8H10O.C6H7NO/c1-6-4-3-5-8(9)7(6)2;1-5-4-7-3-2-6(5)8/h3-5,9H,1-2H3;2-4H,1H3,(H,7,8). The molecule has 3 nitrogen and oxygen atoms in total. The second-order valence-electron chi connectivity index (χ2n) is 3.91. The van der Waals surface area contributed by atoms with Gasteiger partial charge >= 0.3 is 0 Å². The quantitative estimate of drug-likeness (QED) is 0.732. The molecule has 0 bridgehead atoms. The number of benzene rings is 1. The van der Waals surface area contributed by atoms with Gasteiger partial charge in [0.2, 0.25) is 0 Å². The molecule has 0 radical (unpaired) electrons. The smallest absolute Gasteiger partial charge is 0.184 e. The molecule has 0 spiro atoms. The maximum absolute atomic E-state index is 10.6. The van der Waals surface area contributed by atoms with Gasteiger partial charge in [-0.05, 0) is 38.0 Å². The van der Waals surface area contributed by atoms with E-state index in [1.807, 2.05) is 26.0 Å². The van der Waals surface area contributed by atoms with E-state index in [9.17, 15) is 4.79 Å². The van der Waals surface area contributed by atoms with Crippen LogP contribution in [0, 0.1) is 20.8 Å². The van der Waals surface area contributed by atoms with Crippen molar-refractivity contribution in [1.82, 2.24) is 4.98 Å². The highest BCUT2D eigenvalue weighted by atomic mass is 16.3. The Morgan fingerprint density at radius 1 is 1.06 bits per heavy atom. The number of aromatic hydroxyl groups is 1. The lowest BCUT2D eigenvalue weighted by atomic mass is 10.1. The Balaban J connectivity index is 0.000000171. The van der Waals surface area contributed by atoms with Crippen molar-refractivity contribution in [2.75, 3.05) is 0 Å². The molecule has 0 unspecified atom stereocenters. The minimum Gasteiger partial charge on any atom is -0.508 e. The van der Waals surface area contributed by atoms with Crippen LogP contribution >= 0.6 is 0 Å². The Bertz CT molecular complexity index is 524. The predicted octanol–water partition coefficient (Wildman–Crippen LogP) is 2.69. The van der Waals surface area contributed by atoms with Crippen molar-refractivity contribution in [1.29, 1.82) is 0 Å². The van der Waals surface area contributed by atoms with Crippen LogP contribution in [-0.4, -0.2) is 10.1 Å². The molecule has 1 aromatic carbocycles. The number of aryl methyl sites for hydroxylation is 2. The molecule has 0 saturated heterocycles. The summed E-state index contributed by atoms with van der Waals surface area (Å²) in [5.41, 5.74) is 2.95. The molecule has 0 saturated carbocycles. The highest BCUT2D eigenvalue weighted by Gasteiger charge is 1.94. The average molecular weight is 231 g/mol. The number of phenols is 1. The molecule has 2 N–H and O–H groups in total. The van der Waals surface area contributed by atoms with Crippen molar-refractivity contribution in [2.45, 2.75) is 20.8 Å². The van der Waals surface area contributed by atoms with E-state index in [1.54, 1.807) is 25.4 Å². The fourth-order valence-electron chi connectivity index (χ4n) is 1.24. The number of nitrogens with one attached hydrogen (secondary N) is 1. The van der Waals surface area contributed by atoms with Crippen molar-refractivity contribution in [3.8, 4) is 5.75 Å². The molecule has 1 heterocycles. The van der Waals surface area contributed by atoms with Gasteiger partial charge < -0.3 is 10.1 Å². The zero-order valence-corrected chi connectivity index (χ0v) is 10.3. The Hall–Kier alpha value is -2.03. The fourth-order valence-corrected chi connectivity index (χ4v) is 1.24. The summed E-state index contributed by atoms with van der Waals surface area (Å²) in [5.74, 6) is 0.384. The van der Waals surface area contributed by atoms with Gasteiger partial charge in [-0.15, -0.1) is 0 Å². The fraction of sp³-hybridized carbons (Fsp3) is 0.214. The van der Waals surface area contributed by atoms with Gasteiger partial charge in [-0.3, -0.25) is 4.79 Å². The third-order valence-electron chi connectivity index (χ3n) is 2.60. The lowest BCUT2D eigenvalue weighted by Crippen LogP contribution is -2.01. The molecule has 0 aliphatic carbocycles. The van der Waals surface area contributed by atoms with Crippen molar-refractivity contribution >= 4 is 0 Å². The third kappa shape index (κ3) is 3.79. The second kappa shape index (κ2) is 5.89. The van der Waals surface area contributed by atoms with E-state index in [4.69, 9.17) is 5.11 Å². The molecule has 0 fully saturated rings. The zero-order chi connectivity index (χ0) is 12.8. The van der Waals surface area contributed by atoms with Gasteiger partial charge in [0.25, 0.3) is 0 Å². The Morgan fingerprint density at radius 2 is 1.76 bits per heavy atom. The van der Waals surface area contributed by atoms with Crippen LogP contribution < -0.4 is 5.43 Å². The van der Waals surface area contributed by atoms with Gasteiger partial charge in [-0.25, -0.2) is 0 Å². The summed E-state index contributed by atoms with van der Waals surface area (Å²) in [4.78, 5) is 13.4. The van der Waals surface area contributed by atoms with Crippen LogP contribution in [0.1, 0.15) is 16.7 Å². The first kappa shape index (κ1) is 13.0. The van der Waals surface area contributed by atoms with Crippen LogP contribution in [0.15, 0.2) is 41.5 Å². The molecular formula is C14H17NO2. The molecule has 0 aliphatic rings. The topological polar surface area (TPSA) is 53.1 Å². The summed E-state index contributed by atoms with van der Waals surface area (Å²) in [6, 6.07) is 7.03. The van der Waals surface area contributed by atoms with E-state index < -0.39 is 0 Å². The lowest BCUT2D eigenvalue weighted by molar-refractivity contribution is 0.470. The Labute approximate surface area is 101 Å². The first-order valence-corrected chi connectivity index (χ1v) is 5.41. The van der Waals surface area contributed by atoms with Crippen molar-refractivity contribution in [2.24, 2.45) is 0 Å². The minimum absolute atomic E-state index is 0.0868. The van der Waals surface area contributed by atoms with E-state index in [-0.39, 0.29) is 5.43 Å². The number of phenolic OH excluding ortho intramolecular Hbond substituents is 1. The van der Waals surface area contributed by atoms with Gasteiger partial charge in [0, 0.05) is 24.0 Å². The summed E-state index contributed by atoms with van der Waals surface area (Å²) in [6.07, 6.45) is 3.30. The first-order valence-electron chi connectivity index (χ1n) is 5.41.